The second kappa shape index (κ2) is 5.10. The third kappa shape index (κ3) is 2.14. The van der Waals surface area contributed by atoms with E-state index in [0.717, 1.165) is 44.4 Å². The monoisotopic (exact) mass is 247 g/mol. The lowest BCUT2D eigenvalue weighted by molar-refractivity contribution is 0.563. The van der Waals surface area contributed by atoms with E-state index in [-0.39, 0.29) is 0 Å². The zero-order valence-corrected chi connectivity index (χ0v) is 11.0. The van der Waals surface area contributed by atoms with Crippen LogP contribution in [0, 0.1) is 0 Å². The molecule has 1 aromatic heterocycles. The van der Waals surface area contributed by atoms with Gasteiger partial charge in [0.25, 0.3) is 0 Å². The molecule has 0 aromatic carbocycles. The molecule has 0 saturated carbocycles. The molecule has 1 aromatic rings. The van der Waals surface area contributed by atoms with Crippen LogP contribution in [0.15, 0.2) is 0 Å². The Kier molecular flexibility index (Phi) is 3.32. The second-order valence-corrected chi connectivity index (χ2v) is 5.02. The molecule has 2 aliphatic heterocycles. The third-order valence-corrected chi connectivity index (χ3v) is 3.80. The summed E-state index contributed by atoms with van der Waals surface area (Å²) < 4.78 is 0. The van der Waals surface area contributed by atoms with Gasteiger partial charge in [-0.3, -0.25) is 0 Å². The SMILES string of the molecule is CNc1nc(N2CCCCC2)nc2c1CNCC2. The lowest BCUT2D eigenvalue weighted by Crippen LogP contribution is -2.33. The van der Waals surface area contributed by atoms with Crippen LogP contribution in [0.25, 0.3) is 0 Å². The zero-order valence-electron chi connectivity index (χ0n) is 11.0. The van der Waals surface area contributed by atoms with Crippen molar-refractivity contribution in [2.45, 2.75) is 32.2 Å². The molecule has 0 unspecified atom stereocenters. The van der Waals surface area contributed by atoms with Gasteiger partial charge in [0.2, 0.25) is 5.95 Å². The van der Waals surface area contributed by atoms with E-state index < -0.39 is 0 Å². The summed E-state index contributed by atoms with van der Waals surface area (Å²) >= 11 is 0. The van der Waals surface area contributed by atoms with E-state index in [9.17, 15) is 0 Å². The molecule has 1 fully saturated rings. The smallest absolute Gasteiger partial charge is 0.227 e. The summed E-state index contributed by atoms with van der Waals surface area (Å²) in [5.41, 5.74) is 2.46. The minimum atomic E-state index is 0.881. The maximum Gasteiger partial charge on any atom is 0.227 e. The molecule has 0 amide bonds. The van der Waals surface area contributed by atoms with Gasteiger partial charge in [-0.1, -0.05) is 0 Å². The first kappa shape index (κ1) is 11.7. The highest BCUT2D eigenvalue weighted by molar-refractivity contribution is 5.52. The van der Waals surface area contributed by atoms with E-state index in [1.165, 1.54) is 30.5 Å². The highest BCUT2D eigenvalue weighted by atomic mass is 15.3. The number of nitrogens with one attached hydrogen (secondary N) is 2. The Balaban J connectivity index is 1.94. The summed E-state index contributed by atoms with van der Waals surface area (Å²) in [6, 6.07) is 0. The summed E-state index contributed by atoms with van der Waals surface area (Å²) in [6.07, 6.45) is 4.87. The fourth-order valence-electron chi connectivity index (χ4n) is 2.77. The Hall–Kier alpha value is -1.36. The van der Waals surface area contributed by atoms with Gasteiger partial charge < -0.3 is 15.5 Å². The van der Waals surface area contributed by atoms with Crippen molar-refractivity contribution in [1.82, 2.24) is 15.3 Å². The van der Waals surface area contributed by atoms with Crippen LogP contribution in [-0.2, 0) is 13.0 Å². The van der Waals surface area contributed by atoms with Crippen molar-refractivity contribution in [3.8, 4) is 0 Å². The number of hydrogen-bond donors (Lipinski definition) is 2. The Morgan fingerprint density at radius 3 is 2.78 bits per heavy atom. The molecule has 0 aliphatic carbocycles. The molecule has 1 saturated heterocycles. The lowest BCUT2D eigenvalue weighted by Gasteiger charge is -2.29. The molecule has 5 nitrogen and oxygen atoms in total. The molecule has 3 heterocycles. The molecule has 3 rings (SSSR count). The van der Waals surface area contributed by atoms with Gasteiger partial charge in [-0.15, -0.1) is 0 Å². The Morgan fingerprint density at radius 1 is 1.17 bits per heavy atom. The van der Waals surface area contributed by atoms with Gasteiger partial charge >= 0.3 is 0 Å². The van der Waals surface area contributed by atoms with E-state index in [1.807, 2.05) is 7.05 Å². The predicted molar refractivity (Wildman–Crippen MR) is 73.1 cm³/mol. The molecule has 0 radical (unpaired) electrons. The number of fused-ring (bicyclic) bond motifs is 1. The van der Waals surface area contributed by atoms with Gasteiger partial charge in [0.15, 0.2) is 0 Å². The summed E-state index contributed by atoms with van der Waals surface area (Å²) in [7, 11) is 1.94. The fraction of sp³-hybridized carbons (Fsp3) is 0.692. The van der Waals surface area contributed by atoms with Crippen molar-refractivity contribution in [2.75, 3.05) is 36.9 Å². The number of hydrogen-bond acceptors (Lipinski definition) is 5. The molecular formula is C13H21N5. The molecule has 0 atom stereocenters. The zero-order chi connectivity index (χ0) is 12.4. The minimum Gasteiger partial charge on any atom is -0.373 e. The first-order valence-corrected chi connectivity index (χ1v) is 6.91. The standard InChI is InChI=1S/C13H21N5/c1-14-12-10-9-15-6-5-11(10)16-13(17-12)18-7-3-2-4-8-18/h15H,2-9H2,1H3,(H,14,16,17). The molecule has 2 aliphatic rings. The van der Waals surface area contributed by atoms with Gasteiger partial charge in [-0.05, 0) is 19.3 Å². The summed E-state index contributed by atoms with van der Waals surface area (Å²) in [4.78, 5) is 11.8. The van der Waals surface area contributed by atoms with Gasteiger partial charge in [-0.25, -0.2) is 4.98 Å². The van der Waals surface area contributed by atoms with Crippen LogP contribution < -0.4 is 15.5 Å². The van der Waals surface area contributed by atoms with Crippen LogP contribution in [-0.4, -0.2) is 36.6 Å². The maximum atomic E-state index is 4.78. The average molecular weight is 247 g/mol. The summed E-state index contributed by atoms with van der Waals surface area (Å²) in [5, 5.41) is 6.60. The van der Waals surface area contributed by atoms with E-state index in [4.69, 9.17) is 9.97 Å². The summed E-state index contributed by atoms with van der Waals surface area (Å²) in [5.74, 6) is 1.91. The van der Waals surface area contributed by atoms with Crippen molar-refractivity contribution < 1.29 is 0 Å². The fourth-order valence-corrected chi connectivity index (χ4v) is 2.77. The molecule has 98 valence electrons. The number of piperidine rings is 1. The Labute approximate surface area is 108 Å². The molecule has 5 heteroatoms. The molecule has 2 N–H and O–H groups in total. The predicted octanol–water partition coefficient (Wildman–Crippen LogP) is 1.15. The molecule has 18 heavy (non-hydrogen) atoms. The van der Waals surface area contributed by atoms with Crippen LogP contribution in [0.4, 0.5) is 11.8 Å². The van der Waals surface area contributed by atoms with E-state index in [1.54, 1.807) is 0 Å². The third-order valence-electron chi connectivity index (χ3n) is 3.80. The quantitative estimate of drug-likeness (QED) is 0.821. The van der Waals surface area contributed by atoms with E-state index in [0.29, 0.717) is 0 Å². The average Bonchev–Trinajstić information content (AvgIpc) is 2.47. The second-order valence-electron chi connectivity index (χ2n) is 5.02. The maximum absolute atomic E-state index is 4.78. The number of aromatic nitrogens is 2. The number of rotatable bonds is 2. The van der Waals surface area contributed by atoms with Crippen LogP contribution in [0.1, 0.15) is 30.5 Å². The highest BCUT2D eigenvalue weighted by Gasteiger charge is 2.20. The topological polar surface area (TPSA) is 53.1 Å². The first-order valence-electron chi connectivity index (χ1n) is 6.91. The van der Waals surface area contributed by atoms with Crippen molar-refractivity contribution in [2.24, 2.45) is 0 Å². The van der Waals surface area contributed by atoms with Crippen molar-refractivity contribution in [3.63, 3.8) is 0 Å². The minimum absolute atomic E-state index is 0.881. The lowest BCUT2D eigenvalue weighted by atomic mass is 10.1. The Morgan fingerprint density at radius 2 is 2.00 bits per heavy atom. The van der Waals surface area contributed by atoms with Crippen molar-refractivity contribution in [1.29, 1.82) is 0 Å². The van der Waals surface area contributed by atoms with Crippen LogP contribution >= 0.6 is 0 Å². The van der Waals surface area contributed by atoms with Gasteiger partial charge in [0.05, 0.1) is 5.69 Å². The normalized spacial score (nSPS) is 19.5. The largest absolute Gasteiger partial charge is 0.373 e. The molecular weight excluding hydrogens is 226 g/mol. The molecule has 0 spiro atoms. The highest BCUT2D eigenvalue weighted by Crippen LogP contribution is 2.24. The van der Waals surface area contributed by atoms with Gasteiger partial charge in [-0.2, -0.15) is 4.98 Å². The summed E-state index contributed by atoms with van der Waals surface area (Å²) in [6.45, 7) is 4.10. The van der Waals surface area contributed by atoms with Crippen molar-refractivity contribution >= 4 is 11.8 Å². The number of anilines is 2. The van der Waals surface area contributed by atoms with E-state index >= 15 is 0 Å². The van der Waals surface area contributed by atoms with Crippen LogP contribution in [0.2, 0.25) is 0 Å². The van der Waals surface area contributed by atoms with Crippen LogP contribution in [0.5, 0.6) is 0 Å². The van der Waals surface area contributed by atoms with E-state index in [2.05, 4.69) is 15.5 Å². The Bertz CT molecular complexity index is 408. The van der Waals surface area contributed by atoms with Crippen LogP contribution in [0.3, 0.4) is 0 Å². The van der Waals surface area contributed by atoms with Gasteiger partial charge in [0, 0.05) is 45.2 Å². The first-order chi connectivity index (χ1) is 8.88. The molecule has 0 bridgehead atoms. The van der Waals surface area contributed by atoms with Gasteiger partial charge in [0.1, 0.15) is 5.82 Å². The number of nitrogens with zero attached hydrogens (tertiary/aromatic N) is 3. The van der Waals surface area contributed by atoms with Crippen molar-refractivity contribution in [3.05, 3.63) is 11.3 Å².